The summed E-state index contributed by atoms with van der Waals surface area (Å²) in [6, 6.07) is 4.55. The Morgan fingerprint density at radius 2 is 2.24 bits per heavy atom. The fraction of sp³-hybridized carbons (Fsp3) is 0.417. The van der Waals surface area contributed by atoms with Gasteiger partial charge in [0.05, 0.1) is 16.1 Å². The molecule has 1 N–H and O–H groups in total. The molecule has 92 valence electrons. The summed E-state index contributed by atoms with van der Waals surface area (Å²) >= 11 is 3.08. The molecular weight excluding hydrogens is 289 g/mol. The first-order chi connectivity index (χ1) is 8.11. The van der Waals surface area contributed by atoms with E-state index in [1.54, 1.807) is 13.2 Å². The summed E-state index contributed by atoms with van der Waals surface area (Å²) in [4.78, 5) is 11.9. The number of hydrogen-bond donors (Lipinski definition) is 1. The minimum Gasteiger partial charge on any atom is -0.381 e. The van der Waals surface area contributed by atoms with Gasteiger partial charge in [0, 0.05) is 13.2 Å². The first-order valence-corrected chi connectivity index (χ1v) is 6.18. The predicted octanol–water partition coefficient (Wildman–Crippen LogP) is 2.50. The molecule has 0 atom stereocenters. The highest BCUT2D eigenvalue weighted by molar-refractivity contribution is 9.10. The molecule has 1 fully saturated rings. The number of hydrogen-bond acceptors (Lipinski definition) is 2. The molecule has 1 aliphatic rings. The monoisotopic (exact) mass is 301 g/mol. The standard InChI is InChI=1S/C12H13BrFNO2/c1-17-8-5-7(6-8)15-12(16)9-3-2-4-10(14)11(9)13/h2-4,7-8H,5-6H2,1H3,(H,15,16). The molecule has 0 saturated heterocycles. The fourth-order valence-electron chi connectivity index (χ4n) is 1.82. The number of carbonyl (C=O) groups is 1. The highest BCUT2D eigenvalue weighted by Crippen LogP contribution is 2.24. The van der Waals surface area contributed by atoms with E-state index in [0.717, 1.165) is 12.8 Å². The van der Waals surface area contributed by atoms with Crippen molar-refractivity contribution in [3.63, 3.8) is 0 Å². The van der Waals surface area contributed by atoms with E-state index in [1.807, 2.05) is 0 Å². The van der Waals surface area contributed by atoms with Crippen LogP contribution >= 0.6 is 15.9 Å². The molecule has 1 aromatic carbocycles. The molecule has 0 radical (unpaired) electrons. The maximum absolute atomic E-state index is 13.2. The molecule has 1 aromatic rings. The summed E-state index contributed by atoms with van der Waals surface area (Å²) in [6.45, 7) is 0. The zero-order valence-corrected chi connectivity index (χ0v) is 11.0. The van der Waals surface area contributed by atoms with Gasteiger partial charge < -0.3 is 10.1 Å². The van der Waals surface area contributed by atoms with Crippen molar-refractivity contribution in [3.8, 4) is 0 Å². The van der Waals surface area contributed by atoms with Crippen LogP contribution in [0.4, 0.5) is 4.39 Å². The summed E-state index contributed by atoms with van der Waals surface area (Å²) in [6.07, 6.45) is 1.86. The van der Waals surface area contributed by atoms with Gasteiger partial charge in [-0.1, -0.05) is 6.07 Å². The van der Waals surface area contributed by atoms with E-state index in [1.165, 1.54) is 12.1 Å². The summed E-state index contributed by atoms with van der Waals surface area (Å²) in [5, 5.41) is 2.85. The van der Waals surface area contributed by atoms with Gasteiger partial charge in [-0.15, -0.1) is 0 Å². The normalized spacial score (nSPS) is 23.0. The molecule has 1 aliphatic carbocycles. The number of carbonyl (C=O) groups excluding carboxylic acids is 1. The van der Waals surface area contributed by atoms with Gasteiger partial charge in [-0.05, 0) is 40.9 Å². The number of benzene rings is 1. The average molecular weight is 302 g/mol. The summed E-state index contributed by atoms with van der Waals surface area (Å²) < 4.78 is 18.6. The third-order valence-corrected chi connectivity index (χ3v) is 3.77. The van der Waals surface area contributed by atoms with Crippen molar-refractivity contribution in [2.75, 3.05) is 7.11 Å². The van der Waals surface area contributed by atoms with E-state index in [9.17, 15) is 9.18 Å². The highest BCUT2D eigenvalue weighted by atomic mass is 79.9. The van der Waals surface area contributed by atoms with Crippen LogP contribution in [0.25, 0.3) is 0 Å². The van der Waals surface area contributed by atoms with Crippen LogP contribution < -0.4 is 5.32 Å². The Morgan fingerprint density at radius 1 is 1.53 bits per heavy atom. The first-order valence-electron chi connectivity index (χ1n) is 5.39. The second-order valence-electron chi connectivity index (χ2n) is 4.10. The van der Waals surface area contributed by atoms with Gasteiger partial charge in [-0.3, -0.25) is 4.79 Å². The van der Waals surface area contributed by atoms with Crippen molar-refractivity contribution in [3.05, 3.63) is 34.1 Å². The molecule has 2 rings (SSSR count). The number of ether oxygens (including phenoxy) is 1. The van der Waals surface area contributed by atoms with Crippen LogP contribution in [0.3, 0.4) is 0 Å². The lowest BCUT2D eigenvalue weighted by Crippen LogP contribution is -2.47. The van der Waals surface area contributed by atoms with Gasteiger partial charge in [0.1, 0.15) is 5.82 Å². The van der Waals surface area contributed by atoms with Crippen molar-refractivity contribution in [1.29, 1.82) is 0 Å². The van der Waals surface area contributed by atoms with Crippen LogP contribution in [0.5, 0.6) is 0 Å². The van der Waals surface area contributed by atoms with Crippen molar-refractivity contribution >= 4 is 21.8 Å². The van der Waals surface area contributed by atoms with E-state index < -0.39 is 5.82 Å². The van der Waals surface area contributed by atoms with Gasteiger partial charge in [-0.25, -0.2) is 4.39 Å². The number of methoxy groups -OCH3 is 1. The average Bonchev–Trinajstić information content (AvgIpc) is 2.26. The predicted molar refractivity (Wildman–Crippen MR) is 65.4 cm³/mol. The largest absolute Gasteiger partial charge is 0.381 e. The molecule has 5 heteroatoms. The Bertz CT molecular complexity index is 433. The van der Waals surface area contributed by atoms with E-state index in [4.69, 9.17) is 4.74 Å². The summed E-state index contributed by atoms with van der Waals surface area (Å²) in [5.41, 5.74) is 0.325. The maximum atomic E-state index is 13.2. The smallest absolute Gasteiger partial charge is 0.252 e. The molecule has 0 aromatic heterocycles. The Balaban J connectivity index is 1.99. The molecule has 1 amide bonds. The molecule has 0 spiro atoms. The number of rotatable bonds is 3. The summed E-state index contributed by atoms with van der Waals surface area (Å²) in [5.74, 6) is -0.683. The Morgan fingerprint density at radius 3 is 2.88 bits per heavy atom. The SMILES string of the molecule is COC1CC(NC(=O)c2cccc(F)c2Br)C1. The second kappa shape index (κ2) is 5.14. The lowest BCUT2D eigenvalue weighted by atomic mass is 9.89. The third-order valence-electron chi connectivity index (χ3n) is 2.96. The Kier molecular flexibility index (Phi) is 3.79. The molecule has 17 heavy (non-hydrogen) atoms. The van der Waals surface area contributed by atoms with Gasteiger partial charge in [0.25, 0.3) is 5.91 Å². The number of nitrogens with one attached hydrogen (secondary N) is 1. The van der Waals surface area contributed by atoms with Crippen LogP contribution in [-0.4, -0.2) is 25.2 Å². The summed E-state index contributed by atoms with van der Waals surface area (Å²) in [7, 11) is 1.66. The first kappa shape index (κ1) is 12.5. The van der Waals surface area contributed by atoms with Gasteiger partial charge in [0.2, 0.25) is 0 Å². The number of halogens is 2. The molecule has 0 aliphatic heterocycles. The van der Waals surface area contributed by atoms with E-state index in [2.05, 4.69) is 21.2 Å². The highest BCUT2D eigenvalue weighted by Gasteiger charge is 2.30. The van der Waals surface area contributed by atoms with Crippen molar-refractivity contribution in [1.82, 2.24) is 5.32 Å². The van der Waals surface area contributed by atoms with Crippen LogP contribution in [0.15, 0.2) is 22.7 Å². The van der Waals surface area contributed by atoms with Crippen LogP contribution in [-0.2, 0) is 4.74 Å². The minimum atomic E-state index is -0.430. The Labute approximate surface area is 107 Å². The van der Waals surface area contributed by atoms with E-state index >= 15 is 0 Å². The van der Waals surface area contributed by atoms with Gasteiger partial charge in [-0.2, -0.15) is 0 Å². The molecule has 1 saturated carbocycles. The van der Waals surface area contributed by atoms with Gasteiger partial charge >= 0.3 is 0 Å². The number of amides is 1. The molecule has 0 heterocycles. The maximum Gasteiger partial charge on any atom is 0.252 e. The lowest BCUT2D eigenvalue weighted by Gasteiger charge is -2.34. The van der Waals surface area contributed by atoms with Crippen LogP contribution in [0, 0.1) is 5.82 Å². The molecule has 3 nitrogen and oxygen atoms in total. The zero-order chi connectivity index (χ0) is 12.4. The quantitative estimate of drug-likeness (QED) is 0.931. The van der Waals surface area contributed by atoms with Crippen LogP contribution in [0.1, 0.15) is 23.2 Å². The van der Waals surface area contributed by atoms with Crippen molar-refractivity contribution < 1.29 is 13.9 Å². The minimum absolute atomic E-state index is 0.127. The van der Waals surface area contributed by atoms with Crippen molar-refractivity contribution in [2.45, 2.75) is 25.0 Å². The fourth-order valence-corrected chi connectivity index (χ4v) is 2.26. The van der Waals surface area contributed by atoms with Crippen LogP contribution in [0.2, 0.25) is 0 Å². The lowest BCUT2D eigenvalue weighted by molar-refractivity contribution is 0.0176. The van der Waals surface area contributed by atoms with Crippen molar-refractivity contribution in [2.24, 2.45) is 0 Å². The Hall–Kier alpha value is -0.940. The zero-order valence-electron chi connectivity index (χ0n) is 9.37. The molecule has 0 bridgehead atoms. The molecule has 0 unspecified atom stereocenters. The van der Waals surface area contributed by atoms with Gasteiger partial charge in [0.15, 0.2) is 0 Å². The molecular formula is C12H13BrFNO2. The second-order valence-corrected chi connectivity index (χ2v) is 4.89. The van der Waals surface area contributed by atoms with E-state index in [-0.39, 0.29) is 22.5 Å². The topological polar surface area (TPSA) is 38.3 Å². The van der Waals surface area contributed by atoms with E-state index in [0.29, 0.717) is 5.56 Å². The third kappa shape index (κ3) is 2.66.